The van der Waals surface area contributed by atoms with E-state index in [1.54, 1.807) is 12.1 Å². The van der Waals surface area contributed by atoms with Crippen molar-refractivity contribution in [2.45, 2.75) is 0 Å². The zero-order valence-electron chi connectivity index (χ0n) is 13.3. The molecular formula is C22H10F2S2. The van der Waals surface area contributed by atoms with Gasteiger partial charge in [-0.1, -0.05) is 24.3 Å². The number of rotatable bonds is 0. The molecule has 0 unspecified atom stereocenters. The monoisotopic (exact) mass is 376 g/mol. The number of hydrogen-bond acceptors (Lipinski definition) is 2. The minimum atomic E-state index is -0.160. The first-order valence-electron chi connectivity index (χ1n) is 8.23. The molecule has 0 nitrogen and oxygen atoms in total. The van der Waals surface area contributed by atoms with E-state index in [-0.39, 0.29) is 10.3 Å². The average Bonchev–Trinajstić information content (AvgIpc) is 3.16. The van der Waals surface area contributed by atoms with Gasteiger partial charge in [0.15, 0.2) is 10.3 Å². The summed E-state index contributed by atoms with van der Waals surface area (Å²) < 4.78 is 29.2. The summed E-state index contributed by atoms with van der Waals surface area (Å²) in [5.74, 6) is 0. The molecule has 0 spiro atoms. The molecule has 0 radical (unpaired) electrons. The van der Waals surface area contributed by atoms with Crippen LogP contribution in [0.5, 0.6) is 0 Å². The fourth-order valence-corrected chi connectivity index (χ4v) is 5.51. The molecule has 0 aliphatic rings. The largest absolute Gasteiger partial charge is 0.195 e. The van der Waals surface area contributed by atoms with Gasteiger partial charge < -0.3 is 0 Å². The fraction of sp³-hybridized carbons (Fsp3) is 0. The summed E-state index contributed by atoms with van der Waals surface area (Å²) in [4.78, 5) is 0. The van der Waals surface area contributed by atoms with E-state index < -0.39 is 0 Å². The van der Waals surface area contributed by atoms with Crippen molar-refractivity contribution < 1.29 is 8.78 Å². The maximum absolute atomic E-state index is 13.6. The van der Waals surface area contributed by atoms with Crippen molar-refractivity contribution in [1.82, 2.24) is 0 Å². The van der Waals surface area contributed by atoms with Gasteiger partial charge in [-0.05, 0) is 79.5 Å². The molecule has 26 heavy (non-hydrogen) atoms. The third-order valence-corrected chi connectivity index (χ3v) is 6.82. The highest BCUT2D eigenvalue weighted by atomic mass is 32.1. The smallest absolute Gasteiger partial charge is 0.177 e. The van der Waals surface area contributed by atoms with Crippen molar-refractivity contribution in [3.63, 3.8) is 0 Å². The van der Waals surface area contributed by atoms with E-state index in [4.69, 9.17) is 0 Å². The second-order valence-corrected chi connectivity index (χ2v) is 8.62. The summed E-state index contributed by atoms with van der Waals surface area (Å²) in [5, 5.41) is 8.27. The van der Waals surface area contributed by atoms with Crippen LogP contribution in [0.25, 0.3) is 52.5 Å². The van der Waals surface area contributed by atoms with Crippen LogP contribution in [-0.2, 0) is 0 Å². The summed E-state index contributed by atoms with van der Waals surface area (Å²) in [6.45, 7) is 0. The van der Waals surface area contributed by atoms with Crippen molar-refractivity contribution in [1.29, 1.82) is 0 Å². The quantitative estimate of drug-likeness (QED) is 0.237. The van der Waals surface area contributed by atoms with Gasteiger partial charge >= 0.3 is 0 Å². The van der Waals surface area contributed by atoms with Crippen LogP contribution in [0.4, 0.5) is 8.78 Å². The third kappa shape index (κ3) is 1.97. The Morgan fingerprint density at radius 2 is 0.923 bits per heavy atom. The van der Waals surface area contributed by atoms with Crippen LogP contribution in [0.15, 0.2) is 60.7 Å². The standard InChI is InChI=1S/C22H10F2S2/c23-21-9-13-5-17-11(7-19(13)25-21)1-3-15-16(17)4-2-12-8-20-14(6-18(12)15)10-22(24)26-20/h1-10H. The Balaban J connectivity index is 1.79. The van der Waals surface area contributed by atoms with E-state index in [2.05, 4.69) is 48.5 Å². The molecular weight excluding hydrogens is 366 g/mol. The predicted octanol–water partition coefficient (Wildman–Crippen LogP) is 7.85. The highest BCUT2D eigenvalue weighted by Gasteiger charge is 2.10. The van der Waals surface area contributed by atoms with Crippen LogP contribution in [0.2, 0.25) is 0 Å². The summed E-state index contributed by atoms with van der Waals surface area (Å²) in [7, 11) is 0. The molecule has 0 saturated heterocycles. The SMILES string of the molecule is Fc1cc2cc3c(ccc4c5cc6cc(F)sc6cc5ccc34)cc2s1. The molecule has 0 aliphatic heterocycles. The molecule has 0 aliphatic carbocycles. The molecule has 2 aromatic heterocycles. The van der Waals surface area contributed by atoms with E-state index in [1.807, 2.05) is 0 Å². The Hall–Kier alpha value is -2.56. The third-order valence-electron chi connectivity index (χ3n) is 5.05. The van der Waals surface area contributed by atoms with Crippen LogP contribution in [0.1, 0.15) is 0 Å². The van der Waals surface area contributed by atoms with Crippen LogP contribution >= 0.6 is 22.7 Å². The lowest BCUT2D eigenvalue weighted by Gasteiger charge is -2.08. The molecule has 2 heterocycles. The van der Waals surface area contributed by atoms with Crippen LogP contribution < -0.4 is 0 Å². The van der Waals surface area contributed by atoms with Gasteiger partial charge in [-0.2, -0.15) is 8.78 Å². The van der Waals surface area contributed by atoms with Crippen molar-refractivity contribution >= 4 is 75.2 Å². The molecule has 4 heteroatoms. The van der Waals surface area contributed by atoms with Gasteiger partial charge in [0.2, 0.25) is 0 Å². The van der Waals surface area contributed by atoms with Gasteiger partial charge in [-0.3, -0.25) is 0 Å². The Labute approximate surface area is 154 Å². The second-order valence-electron chi connectivity index (χ2n) is 6.55. The maximum atomic E-state index is 13.6. The lowest BCUT2D eigenvalue weighted by atomic mass is 9.96. The molecule has 0 fully saturated rings. The van der Waals surface area contributed by atoms with Crippen LogP contribution in [0, 0.1) is 10.3 Å². The molecule has 0 atom stereocenters. The highest BCUT2D eigenvalue weighted by molar-refractivity contribution is 7.17. The molecule has 0 amide bonds. The first-order valence-corrected chi connectivity index (χ1v) is 9.86. The number of thiophene rings is 2. The Morgan fingerprint density at radius 3 is 1.38 bits per heavy atom. The average molecular weight is 376 g/mol. The lowest BCUT2D eigenvalue weighted by molar-refractivity contribution is 0.658. The molecule has 0 bridgehead atoms. The first kappa shape index (κ1) is 14.6. The normalized spacial score (nSPS) is 12.2. The van der Waals surface area contributed by atoms with E-state index in [1.165, 1.54) is 22.7 Å². The van der Waals surface area contributed by atoms with E-state index >= 15 is 0 Å². The molecule has 4 aromatic carbocycles. The molecule has 124 valence electrons. The molecule has 6 aromatic rings. The minimum absolute atomic E-state index is 0.160. The second kappa shape index (κ2) is 5.00. The number of hydrogen-bond donors (Lipinski definition) is 0. The summed E-state index contributed by atoms with van der Waals surface area (Å²) >= 11 is 2.36. The van der Waals surface area contributed by atoms with Gasteiger partial charge in [0.25, 0.3) is 0 Å². The number of halogens is 2. The summed E-state index contributed by atoms with van der Waals surface area (Å²) in [5.41, 5.74) is 0. The Morgan fingerprint density at radius 1 is 0.462 bits per heavy atom. The number of benzene rings is 4. The van der Waals surface area contributed by atoms with Crippen molar-refractivity contribution in [3.05, 3.63) is 70.9 Å². The summed E-state index contributed by atoms with van der Waals surface area (Å²) in [6.07, 6.45) is 0. The predicted molar refractivity (Wildman–Crippen MR) is 110 cm³/mol. The summed E-state index contributed by atoms with van der Waals surface area (Å²) in [6, 6.07) is 19.9. The van der Waals surface area contributed by atoms with Crippen molar-refractivity contribution in [2.75, 3.05) is 0 Å². The van der Waals surface area contributed by atoms with E-state index in [0.717, 1.165) is 52.5 Å². The van der Waals surface area contributed by atoms with Gasteiger partial charge in [-0.15, -0.1) is 22.7 Å². The number of fused-ring (bicyclic) bond motifs is 7. The van der Waals surface area contributed by atoms with Crippen LogP contribution in [-0.4, -0.2) is 0 Å². The highest BCUT2D eigenvalue weighted by Crippen LogP contribution is 2.37. The van der Waals surface area contributed by atoms with Gasteiger partial charge in [0.05, 0.1) is 0 Å². The van der Waals surface area contributed by atoms with Crippen LogP contribution in [0.3, 0.4) is 0 Å². The molecule has 0 N–H and O–H groups in total. The van der Waals surface area contributed by atoms with Crippen molar-refractivity contribution in [3.8, 4) is 0 Å². The minimum Gasteiger partial charge on any atom is -0.195 e. The van der Waals surface area contributed by atoms with E-state index in [0.29, 0.717) is 0 Å². The zero-order valence-corrected chi connectivity index (χ0v) is 15.0. The Bertz CT molecular complexity index is 1390. The van der Waals surface area contributed by atoms with Gasteiger partial charge in [0, 0.05) is 9.40 Å². The van der Waals surface area contributed by atoms with E-state index in [9.17, 15) is 8.78 Å². The van der Waals surface area contributed by atoms with Gasteiger partial charge in [0.1, 0.15) is 0 Å². The maximum Gasteiger partial charge on any atom is 0.177 e. The topological polar surface area (TPSA) is 0 Å². The Kier molecular flexibility index (Phi) is 2.80. The fourth-order valence-electron chi connectivity index (χ4n) is 3.88. The van der Waals surface area contributed by atoms with Crippen molar-refractivity contribution in [2.24, 2.45) is 0 Å². The molecule has 6 rings (SSSR count). The van der Waals surface area contributed by atoms with Gasteiger partial charge in [-0.25, -0.2) is 0 Å². The molecule has 0 saturated carbocycles. The zero-order chi connectivity index (χ0) is 17.4. The lowest BCUT2D eigenvalue weighted by Crippen LogP contribution is -1.81. The first-order chi connectivity index (χ1) is 12.7.